The third-order valence-electron chi connectivity index (χ3n) is 4.70. The lowest BCUT2D eigenvalue weighted by Gasteiger charge is -2.08. The van der Waals surface area contributed by atoms with Crippen molar-refractivity contribution in [2.45, 2.75) is 40.2 Å². The molecule has 1 amide bonds. The molecule has 0 radical (unpaired) electrons. The molecule has 0 fully saturated rings. The van der Waals surface area contributed by atoms with Gasteiger partial charge in [0.1, 0.15) is 12.2 Å². The molecule has 0 saturated carbocycles. The Hall–Kier alpha value is -3.35. The van der Waals surface area contributed by atoms with E-state index in [0.29, 0.717) is 29.1 Å². The van der Waals surface area contributed by atoms with Gasteiger partial charge in [-0.05, 0) is 50.1 Å². The average Bonchev–Trinajstić information content (AvgIpc) is 3.15. The Kier molecular flexibility index (Phi) is 5.35. The van der Waals surface area contributed by atoms with Crippen molar-refractivity contribution in [3.8, 4) is 0 Å². The minimum Gasteiger partial charge on any atom is -0.480 e. The van der Waals surface area contributed by atoms with Gasteiger partial charge in [-0.15, -0.1) is 0 Å². The lowest BCUT2D eigenvalue weighted by atomic mass is 10.0. The van der Waals surface area contributed by atoms with Crippen molar-refractivity contribution in [2.75, 3.05) is 5.32 Å². The number of Topliss-reactive ketones (excluding diaryl/α,β-unsaturated/α-hetero) is 1. The molecule has 1 aromatic carbocycles. The average molecular weight is 381 g/mol. The minimum absolute atomic E-state index is 0.0579. The second kappa shape index (κ2) is 7.72. The van der Waals surface area contributed by atoms with E-state index in [1.54, 1.807) is 35.9 Å². The molecule has 0 aliphatic heterocycles. The van der Waals surface area contributed by atoms with Gasteiger partial charge >= 0.3 is 5.97 Å². The molecule has 0 bridgehead atoms. The SMILES string of the molecule is CCCc1c(C(=O)Nc2ccc3c(ccn3CC(=O)O)c2)[nH]c(C)c1C(C)=O. The summed E-state index contributed by atoms with van der Waals surface area (Å²) in [5.74, 6) is -1.28. The van der Waals surface area contributed by atoms with Crippen LogP contribution in [-0.2, 0) is 17.8 Å². The van der Waals surface area contributed by atoms with E-state index in [0.717, 1.165) is 22.9 Å². The van der Waals surface area contributed by atoms with E-state index in [2.05, 4.69) is 10.3 Å². The zero-order chi connectivity index (χ0) is 20.4. The number of nitrogens with zero attached hydrogens (tertiary/aromatic N) is 1. The normalized spacial score (nSPS) is 11.0. The monoisotopic (exact) mass is 381 g/mol. The zero-order valence-electron chi connectivity index (χ0n) is 16.1. The molecule has 0 spiro atoms. The van der Waals surface area contributed by atoms with Gasteiger partial charge in [-0.25, -0.2) is 0 Å². The quantitative estimate of drug-likeness (QED) is 0.542. The second-order valence-electron chi connectivity index (χ2n) is 6.85. The number of aliphatic carboxylic acids is 1. The Morgan fingerprint density at radius 2 is 1.96 bits per heavy atom. The van der Waals surface area contributed by atoms with E-state index >= 15 is 0 Å². The molecule has 7 heteroatoms. The topological polar surface area (TPSA) is 104 Å². The Morgan fingerprint density at radius 3 is 2.61 bits per heavy atom. The van der Waals surface area contributed by atoms with Crippen LogP contribution in [0.1, 0.15) is 52.4 Å². The van der Waals surface area contributed by atoms with Gasteiger partial charge in [-0.2, -0.15) is 0 Å². The number of aromatic amines is 1. The summed E-state index contributed by atoms with van der Waals surface area (Å²) in [6.07, 6.45) is 3.16. The van der Waals surface area contributed by atoms with Crippen LogP contribution in [0.3, 0.4) is 0 Å². The highest BCUT2D eigenvalue weighted by Gasteiger charge is 2.22. The molecule has 2 heterocycles. The predicted octanol–water partition coefficient (Wildman–Crippen LogP) is 3.77. The maximum Gasteiger partial charge on any atom is 0.323 e. The van der Waals surface area contributed by atoms with Gasteiger partial charge in [-0.1, -0.05) is 13.3 Å². The first kappa shape index (κ1) is 19.4. The lowest BCUT2D eigenvalue weighted by molar-refractivity contribution is -0.137. The van der Waals surface area contributed by atoms with Gasteiger partial charge in [0.25, 0.3) is 5.91 Å². The number of carbonyl (C=O) groups is 3. The van der Waals surface area contributed by atoms with Crippen LogP contribution in [0.2, 0.25) is 0 Å². The molecule has 0 unspecified atom stereocenters. The number of anilines is 1. The third kappa shape index (κ3) is 3.69. The smallest absolute Gasteiger partial charge is 0.323 e. The predicted molar refractivity (Wildman–Crippen MR) is 107 cm³/mol. The number of hydrogen-bond donors (Lipinski definition) is 3. The van der Waals surface area contributed by atoms with Gasteiger partial charge in [0.2, 0.25) is 0 Å². The molecule has 3 aromatic rings. The molecule has 3 N–H and O–H groups in total. The summed E-state index contributed by atoms with van der Waals surface area (Å²) >= 11 is 0. The lowest BCUT2D eigenvalue weighted by Crippen LogP contribution is -2.15. The first-order chi connectivity index (χ1) is 13.3. The standard InChI is InChI=1S/C21H23N3O4/c1-4-5-16-19(13(3)25)12(2)22-20(16)21(28)23-15-6-7-17-14(10-15)8-9-24(17)11-18(26)27/h6-10,22H,4-5,11H2,1-3H3,(H,23,28)(H,26,27). The Morgan fingerprint density at radius 1 is 1.21 bits per heavy atom. The molecule has 0 aliphatic rings. The fourth-order valence-electron chi connectivity index (χ4n) is 3.60. The number of amides is 1. The first-order valence-electron chi connectivity index (χ1n) is 9.16. The molecule has 3 rings (SSSR count). The van der Waals surface area contributed by atoms with Crippen LogP contribution in [0.15, 0.2) is 30.5 Å². The van der Waals surface area contributed by atoms with Gasteiger partial charge in [0.15, 0.2) is 5.78 Å². The zero-order valence-corrected chi connectivity index (χ0v) is 16.1. The summed E-state index contributed by atoms with van der Waals surface area (Å²) in [7, 11) is 0. The molecular weight excluding hydrogens is 358 g/mol. The fourth-order valence-corrected chi connectivity index (χ4v) is 3.60. The number of carbonyl (C=O) groups excluding carboxylic acids is 2. The molecular formula is C21H23N3O4. The van der Waals surface area contributed by atoms with Gasteiger partial charge in [0, 0.05) is 34.0 Å². The van der Waals surface area contributed by atoms with Gasteiger partial charge in [-0.3, -0.25) is 14.4 Å². The van der Waals surface area contributed by atoms with Gasteiger partial charge < -0.3 is 20.0 Å². The maximum absolute atomic E-state index is 12.8. The molecule has 146 valence electrons. The summed E-state index contributed by atoms with van der Waals surface area (Å²) in [4.78, 5) is 38.8. The van der Waals surface area contributed by atoms with Crippen molar-refractivity contribution in [1.29, 1.82) is 0 Å². The summed E-state index contributed by atoms with van der Waals surface area (Å²) in [5, 5.41) is 12.7. The van der Waals surface area contributed by atoms with E-state index < -0.39 is 5.97 Å². The molecule has 0 aliphatic carbocycles. The van der Waals surface area contributed by atoms with Crippen molar-refractivity contribution < 1.29 is 19.5 Å². The summed E-state index contributed by atoms with van der Waals surface area (Å²) < 4.78 is 1.64. The highest BCUT2D eigenvalue weighted by Crippen LogP contribution is 2.24. The van der Waals surface area contributed by atoms with E-state index in [-0.39, 0.29) is 18.2 Å². The van der Waals surface area contributed by atoms with E-state index in [1.165, 1.54) is 6.92 Å². The van der Waals surface area contributed by atoms with E-state index in [9.17, 15) is 14.4 Å². The maximum atomic E-state index is 12.8. The Labute approximate surface area is 162 Å². The molecule has 2 aromatic heterocycles. The second-order valence-corrected chi connectivity index (χ2v) is 6.85. The number of aromatic nitrogens is 2. The highest BCUT2D eigenvalue weighted by molar-refractivity contribution is 6.08. The number of aryl methyl sites for hydroxylation is 1. The molecule has 7 nitrogen and oxygen atoms in total. The van der Waals surface area contributed by atoms with Crippen molar-refractivity contribution in [1.82, 2.24) is 9.55 Å². The van der Waals surface area contributed by atoms with Crippen LogP contribution in [0.5, 0.6) is 0 Å². The highest BCUT2D eigenvalue weighted by atomic mass is 16.4. The number of fused-ring (bicyclic) bond motifs is 1. The number of H-pyrrole nitrogens is 1. The Balaban J connectivity index is 1.90. The minimum atomic E-state index is -0.915. The number of benzene rings is 1. The van der Waals surface area contributed by atoms with Crippen LogP contribution in [0, 0.1) is 6.92 Å². The Bertz CT molecular complexity index is 1070. The van der Waals surface area contributed by atoms with Crippen LogP contribution < -0.4 is 5.32 Å². The van der Waals surface area contributed by atoms with E-state index in [4.69, 9.17) is 5.11 Å². The van der Waals surface area contributed by atoms with Crippen molar-refractivity contribution in [3.63, 3.8) is 0 Å². The first-order valence-corrected chi connectivity index (χ1v) is 9.16. The number of carboxylic acids is 1. The van der Waals surface area contributed by atoms with Crippen LogP contribution in [0.25, 0.3) is 10.9 Å². The van der Waals surface area contributed by atoms with Crippen molar-refractivity contribution >= 4 is 34.3 Å². The number of carboxylic acid groups (broad SMARTS) is 1. The number of hydrogen-bond acceptors (Lipinski definition) is 3. The van der Waals surface area contributed by atoms with Crippen LogP contribution >= 0.6 is 0 Å². The summed E-state index contributed by atoms with van der Waals surface area (Å²) in [6, 6.07) is 7.12. The fraction of sp³-hybridized carbons (Fsp3) is 0.286. The molecule has 0 atom stereocenters. The summed E-state index contributed by atoms with van der Waals surface area (Å²) in [5.41, 5.74) is 3.83. The third-order valence-corrected chi connectivity index (χ3v) is 4.70. The molecule has 0 saturated heterocycles. The van der Waals surface area contributed by atoms with Gasteiger partial charge in [0.05, 0.1) is 0 Å². The van der Waals surface area contributed by atoms with Crippen molar-refractivity contribution in [3.05, 3.63) is 53.0 Å². The summed E-state index contributed by atoms with van der Waals surface area (Å²) in [6.45, 7) is 5.19. The number of ketones is 1. The van der Waals surface area contributed by atoms with Crippen LogP contribution in [0.4, 0.5) is 5.69 Å². The number of rotatable bonds is 7. The molecule has 28 heavy (non-hydrogen) atoms. The van der Waals surface area contributed by atoms with Crippen molar-refractivity contribution in [2.24, 2.45) is 0 Å². The number of nitrogens with one attached hydrogen (secondary N) is 2. The van der Waals surface area contributed by atoms with E-state index in [1.807, 2.05) is 13.0 Å². The van der Waals surface area contributed by atoms with Crippen LogP contribution in [-0.4, -0.2) is 32.3 Å². The largest absolute Gasteiger partial charge is 0.480 e.